The van der Waals surface area contributed by atoms with Gasteiger partial charge in [-0.3, -0.25) is 15.0 Å². The predicted molar refractivity (Wildman–Crippen MR) is 91.8 cm³/mol. The Morgan fingerprint density at radius 2 is 1.92 bits per heavy atom. The van der Waals surface area contributed by atoms with Gasteiger partial charge in [0.1, 0.15) is 5.69 Å². The first-order valence-electron chi connectivity index (χ1n) is 8.21. The number of amides is 1. The number of hydrogen-bond donors (Lipinski definition) is 1. The second-order valence-electron chi connectivity index (χ2n) is 6.44. The van der Waals surface area contributed by atoms with Crippen molar-refractivity contribution in [3.05, 3.63) is 35.9 Å². The average molecular weight is 329 g/mol. The Balaban J connectivity index is 1.58. The van der Waals surface area contributed by atoms with Crippen molar-refractivity contribution in [2.75, 3.05) is 25.0 Å². The van der Waals surface area contributed by atoms with Gasteiger partial charge >= 0.3 is 0 Å². The molecule has 6 nitrogen and oxygen atoms in total. The summed E-state index contributed by atoms with van der Waals surface area (Å²) in [6.45, 7) is 7.89. The van der Waals surface area contributed by atoms with Crippen molar-refractivity contribution in [3.8, 4) is 11.3 Å². The molecule has 1 saturated heterocycles. The Bertz CT molecular complexity index is 686. The van der Waals surface area contributed by atoms with Crippen LogP contribution in [0.4, 0.5) is 5.88 Å². The minimum atomic E-state index is -0.108. The second kappa shape index (κ2) is 7.15. The van der Waals surface area contributed by atoms with E-state index in [-0.39, 0.29) is 18.1 Å². The van der Waals surface area contributed by atoms with Crippen LogP contribution in [0.2, 0.25) is 0 Å². The van der Waals surface area contributed by atoms with E-state index in [4.69, 9.17) is 9.26 Å². The first kappa shape index (κ1) is 16.7. The van der Waals surface area contributed by atoms with Gasteiger partial charge in [-0.2, -0.15) is 0 Å². The fourth-order valence-electron chi connectivity index (χ4n) is 2.99. The lowest BCUT2D eigenvalue weighted by atomic mass is 10.1. The lowest BCUT2D eigenvalue weighted by molar-refractivity contribution is -0.121. The summed E-state index contributed by atoms with van der Waals surface area (Å²) in [5, 5.41) is 6.79. The van der Waals surface area contributed by atoms with Gasteiger partial charge in [-0.1, -0.05) is 35.0 Å². The van der Waals surface area contributed by atoms with E-state index in [0.717, 1.165) is 18.7 Å². The van der Waals surface area contributed by atoms with Gasteiger partial charge in [0.05, 0.1) is 18.8 Å². The number of carbonyl (C=O) groups excluding carboxylic acids is 1. The number of benzene rings is 1. The molecule has 1 aliphatic rings. The van der Waals surface area contributed by atoms with Crippen LogP contribution in [-0.2, 0) is 9.53 Å². The molecule has 0 saturated carbocycles. The summed E-state index contributed by atoms with van der Waals surface area (Å²) >= 11 is 0. The van der Waals surface area contributed by atoms with Gasteiger partial charge in [0.15, 0.2) is 0 Å². The molecule has 1 aliphatic heterocycles. The minimum absolute atomic E-state index is 0.108. The first-order valence-corrected chi connectivity index (χ1v) is 8.21. The van der Waals surface area contributed by atoms with E-state index in [0.29, 0.717) is 18.1 Å². The molecule has 2 atom stereocenters. The van der Waals surface area contributed by atoms with Gasteiger partial charge in [-0.25, -0.2) is 0 Å². The molecular formula is C18H23N3O3. The number of hydrogen-bond acceptors (Lipinski definition) is 5. The topological polar surface area (TPSA) is 67.6 Å². The summed E-state index contributed by atoms with van der Waals surface area (Å²) in [6, 6.07) is 9.74. The van der Waals surface area contributed by atoms with Gasteiger partial charge < -0.3 is 9.26 Å². The maximum atomic E-state index is 12.2. The van der Waals surface area contributed by atoms with Crippen molar-refractivity contribution in [2.45, 2.75) is 33.0 Å². The summed E-state index contributed by atoms with van der Waals surface area (Å²) < 4.78 is 10.9. The summed E-state index contributed by atoms with van der Waals surface area (Å²) in [4.78, 5) is 14.3. The third kappa shape index (κ3) is 4.21. The molecule has 1 amide bonds. The van der Waals surface area contributed by atoms with E-state index < -0.39 is 0 Å². The van der Waals surface area contributed by atoms with Gasteiger partial charge in [0, 0.05) is 24.7 Å². The fourth-order valence-corrected chi connectivity index (χ4v) is 2.99. The average Bonchev–Trinajstić information content (AvgIpc) is 2.95. The van der Waals surface area contributed by atoms with E-state index in [1.807, 2.05) is 45.0 Å². The third-order valence-electron chi connectivity index (χ3n) is 3.98. The van der Waals surface area contributed by atoms with Crippen LogP contribution in [0.1, 0.15) is 19.4 Å². The second-order valence-corrected chi connectivity index (χ2v) is 6.44. The van der Waals surface area contributed by atoms with Crippen molar-refractivity contribution in [1.82, 2.24) is 10.1 Å². The number of ether oxygens (including phenoxy) is 1. The van der Waals surface area contributed by atoms with Crippen LogP contribution in [0.25, 0.3) is 11.3 Å². The summed E-state index contributed by atoms with van der Waals surface area (Å²) in [7, 11) is 0. The van der Waals surface area contributed by atoms with Crippen LogP contribution >= 0.6 is 0 Å². The van der Waals surface area contributed by atoms with Crippen molar-refractivity contribution in [2.24, 2.45) is 0 Å². The Kier molecular flexibility index (Phi) is 4.97. The molecule has 0 bridgehead atoms. The zero-order valence-corrected chi connectivity index (χ0v) is 14.3. The maximum Gasteiger partial charge on any atom is 0.240 e. The third-order valence-corrected chi connectivity index (χ3v) is 3.98. The highest BCUT2D eigenvalue weighted by atomic mass is 16.5. The molecule has 1 N–H and O–H groups in total. The van der Waals surface area contributed by atoms with Crippen LogP contribution in [-0.4, -0.2) is 47.8 Å². The van der Waals surface area contributed by atoms with E-state index in [1.165, 1.54) is 5.56 Å². The lowest BCUT2D eigenvalue weighted by Gasteiger charge is -2.34. The molecule has 1 aromatic carbocycles. The monoisotopic (exact) mass is 329 g/mol. The summed E-state index contributed by atoms with van der Waals surface area (Å²) in [6.07, 6.45) is 0.278. The standard InChI is InChI=1S/C18H23N3O3/c1-12-4-6-15(7-5-12)16-8-18(24-20-16)19-17(22)11-21-9-13(2)23-14(3)10-21/h4-8,13-14H,9-11H2,1-3H3,(H,19,22)/t13-,14+. The number of rotatable bonds is 4. The number of anilines is 1. The molecule has 3 rings (SSSR count). The zero-order valence-electron chi connectivity index (χ0n) is 14.3. The quantitative estimate of drug-likeness (QED) is 0.934. The fraction of sp³-hybridized carbons (Fsp3) is 0.444. The van der Waals surface area contributed by atoms with Crippen LogP contribution in [0.15, 0.2) is 34.9 Å². The number of carbonyl (C=O) groups is 1. The molecule has 0 spiro atoms. The van der Waals surface area contributed by atoms with Crippen LogP contribution < -0.4 is 5.32 Å². The van der Waals surface area contributed by atoms with E-state index in [1.54, 1.807) is 6.07 Å². The summed E-state index contributed by atoms with van der Waals surface area (Å²) in [5.74, 6) is 0.257. The number of aryl methyl sites for hydroxylation is 1. The van der Waals surface area contributed by atoms with Gasteiger partial charge in [0.2, 0.25) is 11.8 Å². The predicted octanol–water partition coefficient (Wildman–Crippen LogP) is 2.70. The molecule has 128 valence electrons. The molecule has 2 aromatic rings. The van der Waals surface area contributed by atoms with Crippen molar-refractivity contribution in [3.63, 3.8) is 0 Å². The van der Waals surface area contributed by atoms with E-state index in [2.05, 4.69) is 15.4 Å². The van der Waals surface area contributed by atoms with Crippen LogP contribution in [0.5, 0.6) is 0 Å². The van der Waals surface area contributed by atoms with Crippen LogP contribution in [0.3, 0.4) is 0 Å². The molecule has 0 unspecified atom stereocenters. The number of morpholine rings is 1. The Hall–Kier alpha value is -2.18. The first-order chi connectivity index (χ1) is 11.5. The van der Waals surface area contributed by atoms with E-state index in [9.17, 15) is 4.79 Å². The SMILES string of the molecule is Cc1ccc(-c2cc(NC(=O)CN3C[C@@H](C)O[C@@H](C)C3)on2)cc1. The highest BCUT2D eigenvalue weighted by molar-refractivity contribution is 5.91. The smallest absolute Gasteiger partial charge is 0.240 e. The van der Waals surface area contributed by atoms with Crippen molar-refractivity contribution in [1.29, 1.82) is 0 Å². The minimum Gasteiger partial charge on any atom is -0.373 e. The molecule has 0 aliphatic carbocycles. The van der Waals surface area contributed by atoms with Crippen molar-refractivity contribution < 1.29 is 14.1 Å². The summed E-state index contributed by atoms with van der Waals surface area (Å²) in [5.41, 5.74) is 2.85. The Morgan fingerprint density at radius 3 is 2.58 bits per heavy atom. The highest BCUT2D eigenvalue weighted by Crippen LogP contribution is 2.22. The highest BCUT2D eigenvalue weighted by Gasteiger charge is 2.24. The molecule has 1 aromatic heterocycles. The zero-order chi connectivity index (χ0) is 17.1. The normalized spacial score (nSPS) is 21.6. The number of nitrogens with one attached hydrogen (secondary N) is 1. The Labute approximate surface area is 141 Å². The lowest BCUT2D eigenvalue weighted by Crippen LogP contribution is -2.48. The molecule has 24 heavy (non-hydrogen) atoms. The molecular weight excluding hydrogens is 306 g/mol. The van der Waals surface area contributed by atoms with Crippen molar-refractivity contribution >= 4 is 11.8 Å². The molecule has 6 heteroatoms. The van der Waals surface area contributed by atoms with Gasteiger partial charge in [-0.15, -0.1) is 0 Å². The van der Waals surface area contributed by atoms with Gasteiger partial charge in [-0.05, 0) is 20.8 Å². The largest absolute Gasteiger partial charge is 0.373 e. The van der Waals surface area contributed by atoms with Crippen LogP contribution in [0, 0.1) is 6.92 Å². The number of aromatic nitrogens is 1. The van der Waals surface area contributed by atoms with Gasteiger partial charge in [0.25, 0.3) is 0 Å². The van der Waals surface area contributed by atoms with E-state index >= 15 is 0 Å². The molecule has 0 radical (unpaired) electrons. The Morgan fingerprint density at radius 1 is 1.25 bits per heavy atom. The number of nitrogens with zero attached hydrogens (tertiary/aromatic N) is 2. The molecule has 2 heterocycles. The molecule has 1 fully saturated rings. The maximum absolute atomic E-state index is 12.2.